The summed E-state index contributed by atoms with van der Waals surface area (Å²) >= 11 is 0. The van der Waals surface area contributed by atoms with Gasteiger partial charge in [0.2, 0.25) is 0 Å². The van der Waals surface area contributed by atoms with Crippen LogP contribution in [-0.4, -0.2) is 22.8 Å². The summed E-state index contributed by atoms with van der Waals surface area (Å²) in [5, 5.41) is 11.5. The Balaban J connectivity index is 2.82. The monoisotopic (exact) mass is 265 g/mol. The molecule has 0 heterocycles. The van der Waals surface area contributed by atoms with Crippen LogP contribution in [0.5, 0.6) is 0 Å². The molecule has 1 rings (SSSR count). The molecule has 0 aliphatic carbocycles. The number of hydrogen-bond donors (Lipinski definition) is 2. The summed E-state index contributed by atoms with van der Waals surface area (Å²) in [6, 6.07) is 5.82. The summed E-state index contributed by atoms with van der Waals surface area (Å²) in [4.78, 5) is 22.8. The van der Waals surface area contributed by atoms with E-state index in [1.165, 1.54) is 0 Å². The second-order valence-electron chi connectivity index (χ2n) is 5.33. The minimum absolute atomic E-state index is 0.504. The third kappa shape index (κ3) is 4.99. The molecule has 0 radical (unpaired) electrons. The first-order chi connectivity index (χ1) is 8.69. The van der Waals surface area contributed by atoms with E-state index in [9.17, 15) is 14.7 Å². The van der Waals surface area contributed by atoms with Crippen molar-refractivity contribution >= 4 is 12.1 Å². The van der Waals surface area contributed by atoms with Gasteiger partial charge in [0.25, 0.3) is 0 Å². The van der Waals surface area contributed by atoms with E-state index in [4.69, 9.17) is 4.74 Å². The summed E-state index contributed by atoms with van der Waals surface area (Å²) in [5.74, 6) is -1.13. The van der Waals surface area contributed by atoms with Crippen LogP contribution < -0.4 is 5.32 Å². The van der Waals surface area contributed by atoms with Gasteiger partial charge >= 0.3 is 12.1 Å². The molecule has 0 bridgehead atoms. The SMILES string of the molecule is Cc1ccc([C@@H](NC(=O)OC(C)(C)C)C(=O)O)cc1. The number of carboxylic acid groups (broad SMARTS) is 1. The molecule has 5 heteroatoms. The molecule has 0 aromatic heterocycles. The summed E-state index contributed by atoms with van der Waals surface area (Å²) in [5.41, 5.74) is 0.856. The Kier molecular flexibility index (Phi) is 4.53. The van der Waals surface area contributed by atoms with E-state index >= 15 is 0 Å². The van der Waals surface area contributed by atoms with Crippen LogP contribution in [0.4, 0.5) is 4.79 Å². The smallest absolute Gasteiger partial charge is 0.408 e. The van der Waals surface area contributed by atoms with E-state index in [1.54, 1.807) is 45.0 Å². The summed E-state index contributed by atoms with van der Waals surface area (Å²) in [6.07, 6.45) is -0.750. The van der Waals surface area contributed by atoms with Gasteiger partial charge in [-0.2, -0.15) is 0 Å². The minimum atomic E-state index is -1.13. The summed E-state index contributed by atoms with van der Waals surface area (Å²) < 4.78 is 5.05. The number of ether oxygens (including phenoxy) is 1. The molecule has 0 spiro atoms. The third-order valence-electron chi connectivity index (χ3n) is 2.32. The molecular weight excluding hydrogens is 246 g/mol. The maximum Gasteiger partial charge on any atom is 0.408 e. The first-order valence-corrected chi connectivity index (χ1v) is 5.98. The van der Waals surface area contributed by atoms with E-state index in [2.05, 4.69) is 5.32 Å². The number of nitrogens with one attached hydrogen (secondary N) is 1. The number of amides is 1. The number of aryl methyl sites for hydroxylation is 1. The van der Waals surface area contributed by atoms with Gasteiger partial charge in [0.05, 0.1) is 0 Å². The highest BCUT2D eigenvalue weighted by Crippen LogP contribution is 2.15. The Morgan fingerprint density at radius 3 is 2.16 bits per heavy atom. The molecule has 1 aromatic carbocycles. The van der Waals surface area contributed by atoms with Crippen LogP contribution in [0, 0.1) is 6.92 Å². The summed E-state index contributed by atoms with van der Waals surface area (Å²) in [6.45, 7) is 7.05. The van der Waals surface area contributed by atoms with Gasteiger partial charge in [-0.25, -0.2) is 9.59 Å². The Morgan fingerprint density at radius 2 is 1.74 bits per heavy atom. The van der Waals surface area contributed by atoms with Gasteiger partial charge in [-0.3, -0.25) is 0 Å². The maximum atomic E-state index is 11.6. The van der Waals surface area contributed by atoms with E-state index in [0.717, 1.165) is 5.56 Å². The van der Waals surface area contributed by atoms with Gasteiger partial charge in [0.15, 0.2) is 6.04 Å². The zero-order valence-corrected chi connectivity index (χ0v) is 11.6. The Bertz CT molecular complexity index is 459. The quantitative estimate of drug-likeness (QED) is 0.881. The van der Waals surface area contributed by atoms with Crippen molar-refractivity contribution in [3.63, 3.8) is 0 Å². The van der Waals surface area contributed by atoms with Crippen molar-refractivity contribution in [1.29, 1.82) is 0 Å². The molecule has 0 aliphatic rings. The fourth-order valence-corrected chi connectivity index (χ4v) is 1.47. The maximum absolute atomic E-state index is 11.6. The molecule has 1 atom stereocenters. The number of aliphatic carboxylic acids is 1. The molecule has 19 heavy (non-hydrogen) atoms. The van der Waals surface area contributed by atoms with Crippen LogP contribution in [0.3, 0.4) is 0 Å². The molecule has 1 amide bonds. The number of carboxylic acids is 1. The lowest BCUT2D eigenvalue weighted by Crippen LogP contribution is -2.38. The number of benzene rings is 1. The number of alkyl carbamates (subject to hydrolysis) is 1. The van der Waals surface area contributed by atoms with Crippen LogP contribution in [0.2, 0.25) is 0 Å². The van der Waals surface area contributed by atoms with Crippen LogP contribution >= 0.6 is 0 Å². The lowest BCUT2D eigenvalue weighted by atomic mass is 10.1. The largest absolute Gasteiger partial charge is 0.479 e. The van der Waals surface area contributed by atoms with Crippen molar-refractivity contribution in [3.8, 4) is 0 Å². The van der Waals surface area contributed by atoms with Gasteiger partial charge in [-0.15, -0.1) is 0 Å². The van der Waals surface area contributed by atoms with Crippen LogP contribution in [0.25, 0.3) is 0 Å². The fraction of sp³-hybridized carbons (Fsp3) is 0.429. The number of hydrogen-bond acceptors (Lipinski definition) is 3. The second kappa shape index (κ2) is 5.73. The Hall–Kier alpha value is -2.04. The molecule has 0 fully saturated rings. The average molecular weight is 265 g/mol. The molecule has 104 valence electrons. The first kappa shape index (κ1) is 15.0. The first-order valence-electron chi connectivity index (χ1n) is 5.98. The van der Waals surface area contributed by atoms with Crippen molar-refractivity contribution in [2.75, 3.05) is 0 Å². The highest BCUT2D eigenvalue weighted by Gasteiger charge is 2.25. The third-order valence-corrected chi connectivity index (χ3v) is 2.32. The van der Waals surface area contributed by atoms with Crippen molar-refractivity contribution in [3.05, 3.63) is 35.4 Å². The van der Waals surface area contributed by atoms with Gasteiger partial charge < -0.3 is 15.2 Å². The fourth-order valence-electron chi connectivity index (χ4n) is 1.47. The highest BCUT2D eigenvalue weighted by atomic mass is 16.6. The van der Waals surface area contributed by atoms with Gasteiger partial charge in [-0.1, -0.05) is 29.8 Å². The van der Waals surface area contributed by atoms with Crippen molar-refractivity contribution in [2.45, 2.75) is 39.3 Å². The zero-order valence-electron chi connectivity index (χ0n) is 11.6. The second-order valence-corrected chi connectivity index (χ2v) is 5.33. The Labute approximate surface area is 112 Å². The number of carbonyl (C=O) groups excluding carboxylic acids is 1. The predicted octanol–water partition coefficient (Wildman–Crippen LogP) is 2.65. The van der Waals surface area contributed by atoms with Crippen LogP contribution in [0.1, 0.15) is 37.9 Å². The van der Waals surface area contributed by atoms with Gasteiger partial charge in [0, 0.05) is 0 Å². The predicted molar refractivity (Wildman–Crippen MR) is 70.9 cm³/mol. The van der Waals surface area contributed by atoms with Crippen molar-refractivity contribution < 1.29 is 19.4 Å². The van der Waals surface area contributed by atoms with Crippen LogP contribution in [-0.2, 0) is 9.53 Å². The van der Waals surface area contributed by atoms with Gasteiger partial charge in [0.1, 0.15) is 5.60 Å². The zero-order chi connectivity index (χ0) is 14.6. The van der Waals surface area contributed by atoms with E-state index < -0.39 is 23.7 Å². The van der Waals surface area contributed by atoms with Crippen molar-refractivity contribution in [1.82, 2.24) is 5.32 Å². The van der Waals surface area contributed by atoms with Crippen molar-refractivity contribution in [2.24, 2.45) is 0 Å². The topological polar surface area (TPSA) is 75.6 Å². The van der Waals surface area contributed by atoms with E-state index in [0.29, 0.717) is 5.56 Å². The molecule has 5 nitrogen and oxygen atoms in total. The molecule has 1 aromatic rings. The lowest BCUT2D eigenvalue weighted by Gasteiger charge is -2.22. The Morgan fingerprint density at radius 1 is 1.21 bits per heavy atom. The molecule has 0 saturated heterocycles. The molecule has 2 N–H and O–H groups in total. The summed E-state index contributed by atoms with van der Waals surface area (Å²) in [7, 11) is 0. The van der Waals surface area contributed by atoms with E-state index in [1.807, 2.05) is 6.92 Å². The number of rotatable bonds is 3. The van der Waals surface area contributed by atoms with E-state index in [-0.39, 0.29) is 0 Å². The standard InChI is InChI=1S/C14H19NO4/c1-9-5-7-10(8-6-9)11(12(16)17)15-13(18)19-14(2,3)4/h5-8,11H,1-4H3,(H,15,18)(H,16,17)/t11-/m1/s1. The highest BCUT2D eigenvalue weighted by molar-refractivity contribution is 5.81. The number of carbonyl (C=O) groups is 2. The van der Waals surface area contributed by atoms with Crippen LogP contribution in [0.15, 0.2) is 24.3 Å². The normalized spacial score (nSPS) is 12.6. The minimum Gasteiger partial charge on any atom is -0.479 e. The molecule has 0 aliphatic heterocycles. The lowest BCUT2D eigenvalue weighted by molar-refractivity contribution is -0.139. The molecule has 0 unspecified atom stereocenters. The molecular formula is C14H19NO4. The average Bonchev–Trinajstić information content (AvgIpc) is 2.24. The van der Waals surface area contributed by atoms with Gasteiger partial charge in [-0.05, 0) is 33.3 Å². The molecule has 0 saturated carbocycles.